The molecule has 0 radical (unpaired) electrons. The maximum atomic E-state index is 14.4. The number of hydrogen-bond donors (Lipinski definition) is 2. The van der Waals surface area contributed by atoms with Gasteiger partial charge in [-0.1, -0.05) is 34.8 Å². The van der Waals surface area contributed by atoms with E-state index in [9.17, 15) is 43.7 Å². The van der Waals surface area contributed by atoms with Gasteiger partial charge in [-0.05, 0) is 61.7 Å². The summed E-state index contributed by atoms with van der Waals surface area (Å²) in [6, 6.07) is 22.4. The van der Waals surface area contributed by atoms with Crippen LogP contribution in [0.2, 0.25) is 0 Å². The number of Topliss-reactive ketones (excluding diaryl/α,β-unsaturated/α-hetero) is 1. The number of hydrogen-bond acceptors (Lipinski definition) is 18. The van der Waals surface area contributed by atoms with Gasteiger partial charge in [-0.15, -0.1) is 34.4 Å². The largest absolute Gasteiger partial charge is 1.00 e. The quantitative estimate of drug-likeness (QED) is 0.0548. The maximum absolute atomic E-state index is 14.4. The number of aromatic nitrogens is 2. The molecule has 0 saturated carbocycles. The first-order valence-corrected chi connectivity index (χ1v) is 24.7. The fraction of sp³-hybridized carbons (Fsp3) is 0.188. The molecule has 8 aromatic rings. The number of anilines is 4. The molecule has 74 heavy (non-hydrogen) atoms. The third-order valence-corrected chi connectivity index (χ3v) is 13.7. The smallest absolute Gasteiger partial charge is 0.752 e. The molecule has 26 heteroatoms. The van der Waals surface area contributed by atoms with Crippen molar-refractivity contribution in [1.29, 1.82) is 0 Å². The summed E-state index contributed by atoms with van der Waals surface area (Å²) in [4.78, 5) is 21.6. The van der Waals surface area contributed by atoms with Gasteiger partial charge in [-0.3, -0.25) is 4.79 Å². The zero-order valence-electron chi connectivity index (χ0n) is 42.7. The molecule has 8 rings (SSSR count). The number of carbonyl (C=O) groups is 1. The molecule has 2 aromatic heterocycles. The normalized spacial score (nSPS) is 11.3. The van der Waals surface area contributed by atoms with Gasteiger partial charge in [0.2, 0.25) is 0 Å². The molecule has 0 aliphatic carbocycles. The van der Waals surface area contributed by atoms with Crippen molar-refractivity contribution < 1.29 is 210 Å². The van der Waals surface area contributed by atoms with Crippen LogP contribution in [0, 0.1) is 32.9 Å². The number of rotatable bonds is 15. The Kier molecular flexibility index (Phi) is 23.4. The van der Waals surface area contributed by atoms with Gasteiger partial charge in [-0.25, -0.2) is 35.2 Å². The molecule has 2 N–H and O–H groups in total. The van der Waals surface area contributed by atoms with Crippen molar-refractivity contribution in [3.63, 3.8) is 0 Å². The predicted molar refractivity (Wildman–Crippen MR) is 252 cm³/mol. The number of fused-ring (bicyclic) bond motifs is 4. The minimum atomic E-state index is -5.36. The zero-order valence-corrected chi connectivity index (χ0v) is 55.1. The summed E-state index contributed by atoms with van der Waals surface area (Å²) in [6.07, 6.45) is -0.431. The average molecular weight is 1110 g/mol. The Labute approximate surface area is 538 Å². The van der Waals surface area contributed by atoms with E-state index in [0.29, 0.717) is 78.5 Å². The number of ketones is 1. The number of aryl methyl sites for hydroxylation is 3. The van der Waals surface area contributed by atoms with Crippen molar-refractivity contribution in [2.45, 2.75) is 48.3 Å². The SMILES string of the molecule is COc1cc(CC(=O)Cc2cc(OC)c3nc(C)cc(Nc4c[c-]cc5cc(S(=O)(=O)[O-])cc(S(=O)(=O)[O-])c45)c3c2OC)c(OC)c2c(Nc3cc(C)cc4cc(S(=O)(=O)[O-])c[c-]c34)cc(C)nc12.[Na+].[Na+].[Na+].[Na+].[Na+]. The Morgan fingerprint density at radius 1 is 0.541 bits per heavy atom. The molecule has 6 aromatic carbocycles. The molecular formula is C48H39N4Na5O14S3. The second-order valence-corrected chi connectivity index (χ2v) is 20.1. The molecule has 0 aliphatic rings. The monoisotopic (exact) mass is 1110 g/mol. The van der Waals surface area contributed by atoms with E-state index in [-0.39, 0.29) is 206 Å². The summed E-state index contributed by atoms with van der Waals surface area (Å²) in [6.45, 7) is 5.29. The summed E-state index contributed by atoms with van der Waals surface area (Å²) in [5.74, 6) is 0.742. The molecule has 358 valence electrons. The van der Waals surface area contributed by atoms with Crippen LogP contribution in [-0.4, -0.2) is 83.1 Å². The molecule has 0 atom stereocenters. The first-order chi connectivity index (χ1) is 32.5. The van der Waals surface area contributed by atoms with Gasteiger partial charge in [0.15, 0.2) is 0 Å². The van der Waals surface area contributed by atoms with E-state index in [4.69, 9.17) is 23.9 Å². The van der Waals surface area contributed by atoms with Gasteiger partial charge in [0.05, 0.1) is 49.3 Å². The number of methoxy groups -OCH3 is 4. The fourth-order valence-corrected chi connectivity index (χ4v) is 10.3. The van der Waals surface area contributed by atoms with Crippen molar-refractivity contribution in [3.8, 4) is 23.0 Å². The molecule has 0 amide bonds. The topological polar surface area (TPSA) is 275 Å². The van der Waals surface area contributed by atoms with E-state index in [1.807, 2.05) is 13.0 Å². The van der Waals surface area contributed by atoms with Crippen molar-refractivity contribution in [3.05, 3.63) is 113 Å². The summed E-state index contributed by atoms with van der Waals surface area (Å²) in [5.41, 5.74) is 4.61. The van der Waals surface area contributed by atoms with E-state index in [2.05, 4.69) is 27.8 Å². The molecule has 18 nitrogen and oxygen atoms in total. The molecule has 0 spiro atoms. The first-order valence-electron chi connectivity index (χ1n) is 20.5. The molecule has 0 unspecified atom stereocenters. The van der Waals surface area contributed by atoms with E-state index < -0.39 is 45.0 Å². The minimum absolute atomic E-state index is 0. The van der Waals surface area contributed by atoms with Crippen molar-refractivity contribution >= 4 is 102 Å². The summed E-state index contributed by atoms with van der Waals surface area (Å²) >= 11 is 0. The first kappa shape index (κ1) is 66.1. The van der Waals surface area contributed by atoms with E-state index in [1.54, 1.807) is 44.2 Å². The fourth-order valence-electron chi connectivity index (χ4n) is 8.49. The Hall–Kier alpha value is -2.14. The minimum Gasteiger partial charge on any atom is -0.752 e. The number of nitrogens with zero attached hydrogens (tertiary/aromatic N) is 2. The van der Waals surface area contributed by atoms with E-state index in [0.717, 1.165) is 17.7 Å². The molecule has 0 aliphatic heterocycles. The summed E-state index contributed by atoms with van der Waals surface area (Å²) in [5, 5.41) is 7.99. The van der Waals surface area contributed by atoms with Gasteiger partial charge in [0.25, 0.3) is 0 Å². The van der Waals surface area contributed by atoms with Crippen LogP contribution in [0.25, 0.3) is 43.4 Å². The Morgan fingerprint density at radius 3 is 1.49 bits per heavy atom. The number of ether oxygens (including phenoxy) is 4. The van der Waals surface area contributed by atoms with Crippen LogP contribution in [0.1, 0.15) is 28.1 Å². The van der Waals surface area contributed by atoms with Crippen LogP contribution in [-0.2, 0) is 48.0 Å². The van der Waals surface area contributed by atoms with Gasteiger partial charge >= 0.3 is 148 Å². The van der Waals surface area contributed by atoms with Crippen LogP contribution in [0.5, 0.6) is 23.0 Å². The van der Waals surface area contributed by atoms with E-state index >= 15 is 0 Å². The Bertz CT molecular complexity index is 3850. The second kappa shape index (κ2) is 26.2. The zero-order chi connectivity index (χ0) is 49.9. The van der Waals surface area contributed by atoms with Crippen molar-refractivity contribution in [2.24, 2.45) is 0 Å². The molecule has 0 fully saturated rings. The van der Waals surface area contributed by atoms with E-state index in [1.165, 1.54) is 46.6 Å². The second-order valence-electron chi connectivity index (χ2n) is 16.0. The number of nitrogens with one attached hydrogen (secondary N) is 2. The standard InChI is InChI=1S/C48H42N4O14S3.5Na/c1-24-13-28-20-32(67(54,55)56)11-12-34(28)36(14-24)52-38-16-26(3)50-46-40(64-5)22-30(48(66-7)44(38)46)18-31(53)17-29-21-39(63-4)45-43(47(29)65-6)37(15-25(2)49-45)51-35-10-8-9-27-19-33(68(57,58)59)23-41(42(27)35)69(60,61)62;;;;;/h9-11,13-16,19-23H,17-18H2,1-7H3,(H,49,51)(H,50,52)(H,54,55,56)(H,57,58,59)(H,60,61,62);;;;;/q-2;5*+1/p-3. The van der Waals surface area contributed by atoms with Crippen LogP contribution < -0.4 is 177 Å². The van der Waals surface area contributed by atoms with Gasteiger partial charge in [0, 0.05) is 56.5 Å². The molecule has 0 saturated heterocycles. The van der Waals surface area contributed by atoms with Crippen LogP contribution in [0.4, 0.5) is 22.7 Å². The Balaban J connectivity index is 0.00000289. The van der Waals surface area contributed by atoms with Gasteiger partial charge < -0.3 is 43.2 Å². The summed E-state index contributed by atoms with van der Waals surface area (Å²) < 4.78 is 133. The van der Waals surface area contributed by atoms with Crippen LogP contribution >= 0.6 is 0 Å². The molecule has 0 bridgehead atoms. The van der Waals surface area contributed by atoms with Crippen molar-refractivity contribution in [2.75, 3.05) is 39.1 Å². The molecule has 2 heterocycles. The van der Waals surface area contributed by atoms with Gasteiger partial charge in [-0.2, -0.15) is 18.2 Å². The number of benzene rings is 6. The van der Waals surface area contributed by atoms with Crippen LogP contribution in [0.3, 0.4) is 0 Å². The van der Waals surface area contributed by atoms with Crippen LogP contribution in [0.15, 0.2) is 87.5 Å². The number of pyridine rings is 2. The third-order valence-electron chi connectivity index (χ3n) is 11.2. The Morgan fingerprint density at radius 2 is 1.03 bits per heavy atom. The number of carbonyl (C=O) groups excluding carboxylic acids is 1. The molecular weight excluding hydrogens is 1070 g/mol. The average Bonchev–Trinajstić information content (AvgIpc) is 3.27. The van der Waals surface area contributed by atoms with Crippen molar-refractivity contribution in [1.82, 2.24) is 9.97 Å². The van der Waals surface area contributed by atoms with Gasteiger partial charge in [0.1, 0.15) is 60.1 Å². The third kappa shape index (κ3) is 13.8. The predicted octanol–water partition coefficient (Wildman–Crippen LogP) is -7.78. The maximum Gasteiger partial charge on any atom is 1.00 e. The summed E-state index contributed by atoms with van der Waals surface area (Å²) in [7, 11) is -9.56.